The summed E-state index contributed by atoms with van der Waals surface area (Å²) in [4.78, 5) is 8.02. The molecule has 15 heavy (non-hydrogen) atoms. The Bertz CT molecular complexity index is 315. The number of hydrogen-bond donors (Lipinski definition) is 1. The van der Waals surface area contributed by atoms with Gasteiger partial charge in [-0.05, 0) is 49.5 Å². The zero-order chi connectivity index (χ0) is 10.5. The Kier molecular flexibility index (Phi) is 4.23. The summed E-state index contributed by atoms with van der Waals surface area (Å²) in [5.41, 5.74) is 0. The van der Waals surface area contributed by atoms with Gasteiger partial charge in [0.2, 0.25) is 5.28 Å². The Labute approximate surface area is 99.0 Å². The van der Waals surface area contributed by atoms with Crippen LogP contribution in [0.4, 0.5) is 0 Å². The van der Waals surface area contributed by atoms with E-state index < -0.39 is 0 Å². The summed E-state index contributed by atoms with van der Waals surface area (Å²) in [6.45, 7) is 2.30. The highest BCUT2D eigenvalue weighted by atomic mass is 35.5. The molecular weight excluding hydrogens is 230 g/mol. The van der Waals surface area contributed by atoms with Crippen LogP contribution in [0.5, 0.6) is 0 Å². The smallest absolute Gasteiger partial charge is 0.223 e. The molecule has 1 aliphatic heterocycles. The van der Waals surface area contributed by atoms with E-state index in [2.05, 4.69) is 15.3 Å². The molecule has 2 heterocycles. The number of thioether (sulfide) groups is 1. The second-order valence-electron chi connectivity index (χ2n) is 3.69. The van der Waals surface area contributed by atoms with Crippen molar-refractivity contribution in [2.45, 2.75) is 17.9 Å². The third kappa shape index (κ3) is 3.63. The fourth-order valence-electron chi connectivity index (χ4n) is 1.67. The third-order valence-corrected chi connectivity index (χ3v) is 3.81. The summed E-state index contributed by atoms with van der Waals surface area (Å²) in [6, 6.07) is 1.91. The van der Waals surface area contributed by atoms with Crippen LogP contribution >= 0.6 is 23.4 Å². The highest BCUT2D eigenvalue weighted by Crippen LogP contribution is 2.22. The summed E-state index contributed by atoms with van der Waals surface area (Å²) in [6.07, 6.45) is 4.31. The van der Waals surface area contributed by atoms with Crippen molar-refractivity contribution in [2.24, 2.45) is 5.92 Å². The van der Waals surface area contributed by atoms with Crippen LogP contribution < -0.4 is 5.32 Å². The summed E-state index contributed by atoms with van der Waals surface area (Å²) < 4.78 is 0. The Hall–Kier alpha value is -0.320. The number of piperidine rings is 1. The second-order valence-corrected chi connectivity index (χ2v) is 5.07. The van der Waals surface area contributed by atoms with Crippen molar-refractivity contribution in [3.8, 4) is 0 Å². The first-order valence-corrected chi connectivity index (χ1v) is 6.53. The lowest BCUT2D eigenvalue weighted by molar-refractivity contribution is 0.410. The van der Waals surface area contributed by atoms with Gasteiger partial charge in [0.15, 0.2) is 0 Å². The zero-order valence-electron chi connectivity index (χ0n) is 8.45. The van der Waals surface area contributed by atoms with Gasteiger partial charge in [0.05, 0.1) is 0 Å². The zero-order valence-corrected chi connectivity index (χ0v) is 10.0. The van der Waals surface area contributed by atoms with Gasteiger partial charge in [-0.1, -0.05) is 0 Å². The average molecular weight is 244 g/mol. The van der Waals surface area contributed by atoms with Gasteiger partial charge in [-0.25, -0.2) is 9.97 Å². The maximum Gasteiger partial charge on any atom is 0.223 e. The van der Waals surface area contributed by atoms with Crippen molar-refractivity contribution in [3.63, 3.8) is 0 Å². The first kappa shape index (κ1) is 11.2. The molecule has 0 unspecified atom stereocenters. The molecule has 1 saturated heterocycles. The summed E-state index contributed by atoms with van der Waals surface area (Å²) >= 11 is 7.48. The highest BCUT2D eigenvalue weighted by molar-refractivity contribution is 7.99. The second kappa shape index (κ2) is 5.68. The monoisotopic (exact) mass is 243 g/mol. The maximum atomic E-state index is 5.72. The Balaban J connectivity index is 1.81. The maximum absolute atomic E-state index is 5.72. The molecule has 1 fully saturated rings. The molecule has 3 nitrogen and oxygen atoms in total. The highest BCUT2D eigenvalue weighted by Gasteiger charge is 2.13. The van der Waals surface area contributed by atoms with Gasteiger partial charge in [0.1, 0.15) is 5.03 Å². The Morgan fingerprint density at radius 2 is 2.53 bits per heavy atom. The van der Waals surface area contributed by atoms with E-state index in [4.69, 9.17) is 11.6 Å². The molecule has 0 radical (unpaired) electrons. The van der Waals surface area contributed by atoms with Crippen molar-refractivity contribution < 1.29 is 0 Å². The minimum absolute atomic E-state index is 0.335. The molecule has 82 valence electrons. The topological polar surface area (TPSA) is 37.8 Å². The van der Waals surface area contributed by atoms with Gasteiger partial charge >= 0.3 is 0 Å². The summed E-state index contributed by atoms with van der Waals surface area (Å²) in [5, 5.41) is 4.72. The molecule has 0 aromatic carbocycles. The molecule has 1 atom stereocenters. The third-order valence-electron chi connectivity index (χ3n) is 2.47. The van der Waals surface area contributed by atoms with Crippen LogP contribution in [0.1, 0.15) is 12.8 Å². The molecule has 1 N–H and O–H groups in total. The van der Waals surface area contributed by atoms with Crippen LogP contribution in [0.3, 0.4) is 0 Å². The van der Waals surface area contributed by atoms with Crippen molar-refractivity contribution >= 4 is 23.4 Å². The van der Waals surface area contributed by atoms with E-state index in [0.29, 0.717) is 5.28 Å². The van der Waals surface area contributed by atoms with Crippen LogP contribution in [0.25, 0.3) is 0 Å². The van der Waals surface area contributed by atoms with E-state index in [9.17, 15) is 0 Å². The SMILES string of the molecule is Clc1nccc(SC[C@@H]2CCCNC2)n1. The van der Waals surface area contributed by atoms with Gasteiger partial charge in [-0.2, -0.15) is 0 Å². The molecule has 0 aliphatic carbocycles. The summed E-state index contributed by atoms with van der Waals surface area (Å²) in [5.74, 6) is 1.87. The lowest BCUT2D eigenvalue weighted by Gasteiger charge is -2.21. The van der Waals surface area contributed by atoms with Crippen LogP contribution in [-0.2, 0) is 0 Å². The molecular formula is C10H14ClN3S. The molecule has 0 amide bonds. The molecule has 2 rings (SSSR count). The Morgan fingerprint density at radius 1 is 1.60 bits per heavy atom. The predicted molar refractivity (Wildman–Crippen MR) is 63.4 cm³/mol. The quantitative estimate of drug-likeness (QED) is 0.502. The van der Waals surface area contributed by atoms with Crippen LogP contribution in [-0.4, -0.2) is 28.8 Å². The van der Waals surface area contributed by atoms with Gasteiger partial charge in [0, 0.05) is 11.9 Å². The predicted octanol–water partition coefficient (Wildman–Crippen LogP) is 2.22. The van der Waals surface area contributed by atoms with Crippen molar-refractivity contribution in [2.75, 3.05) is 18.8 Å². The standard InChI is InChI=1S/C10H14ClN3S/c11-10-13-5-3-9(14-10)15-7-8-2-1-4-12-6-8/h3,5,8,12H,1-2,4,6-7H2/t8-/m1/s1. The first-order valence-electron chi connectivity index (χ1n) is 5.16. The minimum atomic E-state index is 0.335. The van der Waals surface area contributed by atoms with Crippen molar-refractivity contribution in [1.82, 2.24) is 15.3 Å². The van der Waals surface area contributed by atoms with E-state index in [0.717, 1.165) is 23.2 Å². The van der Waals surface area contributed by atoms with Gasteiger partial charge in [0.25, 0.3) is 0 Å². The number of rotatable bonds is 3. The van der Waals surface area contributed by atoms with Crippen LogP contribution in [0, 0.1) is 5.92 Å². The largest absolute Gasteiger partial charge is 0.316 e. The minimum Gasteiger partial charge on any atom is -0.316 e. The molecule has 0 spiro atoms. The fourth-order valence-corrected chi connectivity index (χ4v) is 2.87. The average Bonchev–Trinajstić information content (AvgIpc) is 2.28. The molecule has 1 aliphatic rings. The van der Waals surface area contributed by atoms with E-state index in [-0.39, 0.29) is 0 Å². The van der Waals surface area contributed by atoms with Crippen molar-refractivity contribution in [3.05, 3.63) is 17.5 Å². The molecule has 0 saturated carbocycles. The number of nitrogens with one attached hydrogen (secondary N) is 1. The van der Waals surface area contributed by atoms with E-state index in [1.54, 1.807) is 18.0 Å². The normalized spacial score (nSPS) is 21.5. The van der Waals surface area contributed by atoms with Gasteiger partial charge in [-0.3, -0.25) is 0 Å². The molecule has 1 aromatic rings. The van der Waals surface area contributed by atoms with Gasteiger partial charge < -0.3 is 5.32 Å². The van der Waals surface area contributed by atoms with Crippen molar-refractivity contribution in [1.29, 1.82) is 0 Å². The number of nitrogens with zero attached hydrogens (tertiary/aromatic N) is 2. The number of aromatic nitrogens is 2. The number of halogens is 1. The van der Waals surface area contributed by atoms with E-state index >= 15 is 0 Å². The van der Waals surface area contributed by atoms with Crippen LogP contribution in [0.15, 0.2) is 17.3 Å². The number of hydrogen-bond acceptors (Lipinski definition) is 4. The van der Waals surface area contributed by atoms with Gasteiger partial charge in [-0.15, -0.1) is 11.8 Å². The molecule has 5 heteroatoms. The van der Waals surface area contributed by atoms with E-state index in [1.807, 2.05) is 6.07 Å². The first-order chi connectivity index (χ1) is 7.34. The van der Waals surface area contributed by atoms with E-state index in [1.165, 1.54) is 19.4 Å². The lowest BCUT2D eigenvalue weighted by Crippen LogP contribution is -2.30. The lowest BCUT2D eigenvalue weighted by atomic mass is 10.0. The fraction of sp³-hybridized carbons (Fsp3) is 0.600. The van der Waals surface area contributed by atoms with Crippen LogP contribution in [0.2, 0.25) is 5.28 Å². The summed E-state index contributed by atoms with van der Waals surface area (Å²) in [7, 11) is 0. The Morgan fingerprint density at radius 3 is 3.27 bits per heavy atom. The molecule has 0 bridgehead atoms. The molecule has 1 aromatic heterocycles.